The fourth-order valence-electron chi connectivity index (χ4n) is 2.45. The molecule has 1 aromatic carbocycles. The number of rotatable bonds is 3. The Bertz CT molecular complexity index is 707. The summed E-state index contributed by atoms with van der Waals surface area (Å²) < 4.78 is 62.0. The van der Waals surface area contributed by atoms with Crippen LogP contribution in [0.2, 0.25) is 0 Å². The SMILES string of the molecule is CS(=O)(=O)C1(C(=O)Nc2cc(F)c(F)cc2F)CCNCC1.Cl. The lowest BCUT2D eigenvalue weighted by Crippen LogP contribution is -2.55. The van der Waals surface area contributed by atoms with Crippen molar-refractivity contribution < 1.29 is 26.4 Å². The molecular weight excluding hydrogens is 357 g/mol. The van der Waals surface area contributed by atoms with Gasteiger partial charge in [-0.3, -0.25) is 4.79 Å². The van der Waals surface area contributed by atoms with E-state index in [1.54, 1.807) is 0 Å². The van der Waals surface area contributed by atoms with E-state index in [0.29, 0.717) is 25.2 Å². The van der Waals surface area contributed by atoms with Gasteiger partial charge in [-0.25, -0.2) is 21.6 Å². The van der Waals surface area contributed by atoms with Gasteiger partial charge in [0.15, 0.2) is 26.2 Å². The average Bonchev–Trinajstić information content (AvgIpc) is 2.44. The number of piperidine rings is 1. The largest absolute Gasteiger partial charge is 0.322 e. The highest BCUT2D eigenvalue weighted by molar-refractivity contribution is 7.92. The Morgan fingerprint density at radius 1 is 1.13 bits per heavy atom. The standard InChI is InChI=1S/C13H15F3N2O3S.ClH/c1-22(20,21)13(2-4-17-5-3-13)12(19)18-11-7-9(15)8(14)6-10(11)16;/h6-7,17H,2-5H2,1H3,(H,18,19);1H. The first-order chi connectivity index (χ1) is 10.2. The zero-order valence-corrected chi connectivity index (χ0v) is 13.8. The van der Waals surface area contributed by atoms with E-state index in [2.05, 4.69) is 10.6 Å². The number of anilines is 1. The van der Waals surface area contributed by atoms with Gasteiger partial charge >= 0.3 is 0 Å². The molecule has 2 N–H and O–H groups in total. The van der Waals surface area contributed by atoms with E-state index in [9.17, 15) is 26.4 Å². The Hall–Kier alpha value is -1.32. The van der Waals surface area contributed by atoms with Crippen LogP contribution in [0.4, 0.5) is 18.9 Å². The molecule has 1 fully saturated rings. The summed E-state index contributed by atoms with van der Waals surface area (Å²) in [5.74, 6) is -4.85. The summed E-state index contributed by atoms with van der Waals surface area (Å²) in [7, 11) is -3.78. The monoisotopic (exact) mass is 372 g/mol. The Labute approximate surface area is 138 Å². The van der Waals surface area contributed by atoms with E-state index < -0.39 is 43.6 Å². The van der Waals surface area contributed by atoms with E-state index in [1.807, 2.05) is 0 Å². The molecule has 0 saturated carbocycles. The lowest BCUT2D eigenvalue weighted by Gasteiger charge is -2.34. The number of benzene rings is 1. The minimum atomic E-state index is -3.78. The minimum absolute atomic E-state index is 0. The number of nitrogens with one attached hydrogen (secondary N) is 2. The third kappa shape index (κ3) is 3.78. The van der Waals surface area contributed by atoms with Crippen LogP contribution in [0.15, 0.2) is 12.1 Å². The van der Waals surface area contributed by atoms with Crippen LogP contribution in [0, 0.1) is 17.5 Å². The molecule has 0 radical (unpaired) electrons. The van der Waals surface area contributed by atoms with Crippen LogP contribution in [-0.2, 0) is 14.6 Å². The van der Waals surface area contributed by atoms with Gasteiger partial charge in [0.1, 0.15) is 5.82 Å². The Morgan fingerprint density at radius 2 is 1.65 bits per heavy atom. The molecule has 1 heterocycles. The van der Waals surface area contributed by atoms with Crippen LogP contribution in [0.5, 0.6) is 0 Å². The molecule has 0 aliphatic carbocycles. The highest BCUT2D eigenvalue weighted by atomic mass is 35.5. The first-order valence-corrected chi connectivity index (χ1v) is 8.43. The summed E-state index contributed by atoms with van der Waals surface area (Å²) in [6.45, 7) is 0.613. The van der Waals surface area contributed by atoms with Crippen LogP contribution >= 0.6 is 12.4 Å². The molecule has 0 aromatic heterocycles. The summed E-state index contributed by atoms with van der Waals surface area (Å²) in [6, 6.07) is 0.778. The maximum absolute atomic E-state index is 13.6. The number of hydrogen-bond donors (Lipinski definition) is 2. The molecular formula is C13H16ClF3N2O3S. The molecule has 0 unspecified atom stereocenters. The third-order valence-corrected chi connectivity index (χ3v) is 5.81. The van der Waals surface area contributed by atoms with Crippen molar-refractivity contribution in [2.24, 2.45) is 0 Å². The molecule has 0 spiro atoms. The second-order valence-electron chi connectivity index (χ2n) is 5.22. The van der Waals surface area contributed by atoms with Crippen molar-refractivity contribution in [3.05, 3.63) is 29.6 Å². The Morgan fingerprint density at radius 3 is 2.17 bits per heavy atom. The van der Waals surface area contributed by atoms with Gasteiger partial charge in [0.25, 0.3) is 0 Å². The summed E-state index contributed by atoms with van der Waals surface area (Å²) in [5.41, 5.74) is -0.592. The van der Waals surface area contributed by atoms with Crippen LogP contribution in [-0.4, -0.2) is 38.4 Å². The number of carbonyl (C=O) groups is 1. The maximum atomic E-state index is 13.6. The van der Waals surface area contributed by atoms with E-state index in [0.717, 1.165) is 6.26 Å². The molecule has 1 aliphatic heterocycles. The molecule has 0 bridgehead atoms. The highest BCUT2D eigenvalue weighted by Gasteiger charge is 2.48. The first kappa shape index (κ1) is 19.7. The Kier molecular flexibility index (Phi) is 6.06. The van der Waals surface area contributed by atoms with Crippen molar-refractivity contribution in [3.8, 4) is 0 Å². The van der Waals surface area contributed by atoms with Crippen molar-refractivity contribution in [3.63, 3.8) is 0 Å². The number of amides is 1. The van der Waals surface area contributed by atoms with Gasteiger partial charge in [-0.05, 0) is 25.9 Å². The summed E-state index contributed by atoms with van der Waals surface area (Å²) >= 11 is 0. The second kappa shape index (κ2) is 7.06. The maximum Gasteiger partial charge on any atom is 0.246 e. The van der Waals surface area contributed by atoms with Crippen LogP contribution in [0.25, 0.3) is 0 Å². The van der Waals surface area contributed by atoms with Gasteiger partial charge in [-0.15, -0.1) is 12.4 Å². The predicted octanol–water partition coefficient (Wildman–Crippen LogP) is 1.63. The van der Waals surface area contributed by atoms with Gasteiger partial charge in [-0.2, -0.15) is 0 Å². The topological polar surface area (TPSA) is 75.3 Å². The Balaban J connectivity index is 0.00000264. The molecule has 130 valence electrons. The zero-order chi connectivity index (χ0) is 16.5. The number of halogens is 4. The van der Waals surface area contributed by atoms with E-state index in [4.69, 9.17) is 0 Å². The normalized spacial score (nSPS) is 17.2. The van der Waals surface area contributed by atoms with Gasteiger partial charge in [0, 0.05) is 18.4 Å². The molecule has 23 heavy (non-hydrogen) atoms. The number of sulfone groups is 1. The summed E-state index contributed by atoms with van der Waals surface area (Å²) in [5, 5.41) is 5.00. The smallest absolute Gasteiger partial charge is 0.246 e. The van der Waals surface area contributed by atoms with Crippen molar-refractivity contribution in [2.75, 3.05) is 24.7 Å². The van der Waals surface area contributed by atoms with Crippen molar-refractivity contribution in [2.45, 2.75) is 17.6 Å². The minimum Gasteiger partial charge on any atom is -0.322 e. The molecule has 1 saturated heterocycles. The van der Waals surface area contributed by atoms with Gasteiger partial charge in [0.2, 0.25) is 5.91 Å². The van der Waals surface area contributed by atoms with Crippen LogP contribution in [0.1, 0.15) is 12.8 Å². The number of hydrogen-bond acceptors (Lipinski definition) is 4. The van der Waals surface area contributed by atoms with Crippen LogP contribution < -0.4 is 10.6 Å². The molecule has 5 nitrogen and oxygen atoms in total. The number of carbonyl (C=O) groups excluding carboxylic acids is 1. The molecule has 1 aliphatic rings. The molecule has 1 amide bonds. The van der Waals surface area contributed by atoms with E-state index in [1.165, 1.54) is 0 Å². The van der Waals surface area contributed by atoms with Crippen molar-refractivity contribution >= 4 is 33.8 Å². The van der Waals surface area contributed by atoms with E-state index in [-0.39, 0.29) is 25.2 Å². The lowest BCUT2D eigenvalue weighted by atomic mass is 9.95. The molecule has 0 atom stereocenters. The van der Waals surface area contributed by atoms with Crippen molar-refractivity contribution in [1.82, 2.24) is 5.32 Å². The summed E-state index contributed by atoms with van der Waals surface area (Å²) in [4.78, 5) is 12.4. The third-order valence-electron chi connectivity index (χ3n) is 3.79. The molecule has 2 rings (SSSR count). The quantitative estimate of drug-likeness (QED) is 0.791. The van der Waals surface area contributed by atoms with E-state index >= 15 is 0 Å². The predicted molar refractivity (Wildman–Crippen MR) is 81.9 cm³/mol. The average molecular weight is 373 g/mol. The zero-order valence-electron chi connectivity index (χ0n) is 12.2. The lowest BCUT2D eigenvalue weighted by molar-refractivity contribution is -0.119. The van der Waals surface area contributed by atoms with Crippen molar-refractivity contribution in [1.29, 1.82) is 0 Å². The summed E-state index contributed by atoms with van der Waals surface area (Å²) in [6.07, 6.45) is 0.964. The molecule has 10 heteroatoms. The molecule has 1 aromatic rings. The second-order valence-corrected chi connectivity index (χ2v) is 7.54. The van der Waals surface area contributed by atoms with Crippen LogP contribution in [0.3, 0.4) is 0 Å². The highest BCUT2D eigenvalue weighted by Crippen LogP contribution is 2.30. The fraction of sp³-hybridized carbons (Fsp3) is 0.462. The van der Waals surface area contributed by atoms with Gasteiger partial charge in [-0.1, -0.05) is 0 Å². The van der Waals surface area contributed by atoms with Gasteiger partial charge in [0.05, 0.1) is 5.69 Å². The van der Waals surface area contributed by atoms with Gasteiger partial charge < -0.3 is 10.6 Å². The first-order valence-electron chi connectivity index (χ1n) is 6.54. The fourth-order valence-corrected chi connectivity index (χ4v) is 3.78.